The topological polar surface area (TPSA) is 26.3 Å². The van der Waals surface area contributed by atoms with Gasteiger partial charge in [-0.1, -0.05) is 28.1 Å². The van der Waals surface area contributed by atoms with Crippen molar-refractivity contribution in [2.45, 2.75) is 17.2 Å². The normalized spacial score (nSPS) is 43.5. The molecule has 0 amide bonds. The lowest BCUT2D eigenvalue weighted by atomic mass is 9.93. The maximum Gasteiger partial charge on any atom is 0.323 e. The molecule has 0 N–H and O–H groups in total. The van der Waals surface area contributed by atoms with Crippen LogP contribution in [0.25, 0.3) is 0 Å². The first-order valence-corrected chi connectivity index (χ1v) is 4.92. The molecule has 66 valence electrons. The molecule has 0 heterocycles. The van der Waals surface area contributed by atoms with Gasteiger partial charge in [0.05, 0.1) is 7.11 Å². The van der Waals surface area contributed by atoms with Crippen molar-refractivity contribution >= 4 is 21.9 Å². The molecule has 2 rings (SSSR count). The number of alkyl halides is 1. The van der Waals surface area contributed by atoms with E-state index < -0.39 is 4.32 Å². The highest BCUT2D eigenvalue weighted by molar-refractivity contribution is 9.10. The van der Waals surface area contributed by atoms with Crippen molar-refractivity contribution in [1.82, 2.24) is 0 Å². The number of carbonyl (C=O) groups excluding carboxylic acids is 1. The molecule has 12 heavy (non-hydrogen) atoms. The van der Waals surface area contributed by atoms with E-state index in [1.54, 1.807) is 0 Å². The molecule has 0 radical (unpaired) electrons. The molecule has 1 fully saturated rings. The van der Waals surface area contributed by atoms with Crippen molar-refractivity contribution in [2.75, 3.05) is 7.11 Å². The minimum absolute atomic E-state index is 0.126. The number of hydrogen-bond acceptors (Lipinski definition) is 2. The molecule has 0 aromatic rings. The fourth-order valence-electron chi connectivity index (χ4n) is 2.20. The number of rotatable bonds is 1. The van der Waals surface area contributed by atoms with E-state index in [0.29, 0.717) is 11.8 Å². The SMILES string of the molecule is COC(=O)[C@@]1(Br)C[C@H]2C=C[C@@H]1C2. The Morgan fingerprint density at radius 1 is 1.67 bits per heavy atom. The van der Waals surface area contributed by atoms with Gasteiger partial charge in [0.2, 0.25) is 0 Å². The van der Waals surface area contributed by atoms with Gasteiger partial charge in [-0.2, -0.15) is 0 Å². The van der Waals surface area contributed by atoms with E-state index in [-0.39, 0.29) is 5.97 Å². The van der Waals surface area contributed by atoms with Crippen molar-refractivity contribution in [3.05, 3.63) is 12.2 Å². The standard InChI is InChI=1S/C9H11BrO2/c1-12-8(11)9(10)5-6-2-3-7(9)4-6/h2-3,6-7H,4-5H2,1H3/t6-,7+,9+/m0/s1. The number of carbonyl (C=O) groups is 1. The van der Waals surface area contributed by atoms with Crippen LogP contribution in [-0.2, 0) is 9.53 Å². The Labute approximate surface area is 80.1 Å². The zero-order chi connectivity index (χ0) is 8.77. The second kappa shape index (κ2) is 2.59. The fraction of sp³-hybridized carbons (Fsp3) is 0.667. The molecule has 0 saturated heterocycles. The number of methoxy groups -OCH3 is 1. The van der Waals surface area contributed by atoms with Crippen LogP contribution in [0.5, 0.6) is 0 Å². The summed E-state index contributed by atoms with van der Waals surface area (Å²) < 4.78 is 4.35. The predicted octanol–water partition coefficient (Wildman–Crippen LogP) is 1.89. The van der Waals surface area contributed by atoms with Crippen molar-refractivity contribution in [2.24, 2.45) is 11.8 Å². The molecule has 0 unspecified atom stereocenters. The average Bonchev–Trinajstić information content (AvgIpc) is 2.62. The van der Waals surface area contributed by atoms with Gasteiger partial charge in [-0.25, -0.2) is 0 Å². The smallest absolute Gasteiger partial charge is 0.323 e. The second-order valence-electron chi connectivity index (χ2n) is 3.55. The van der Waals surface area contributed by atoms with Crippen molar-refractivity contribution in [1.29, 1.82) is 0 Å². The van der Waals surface area contributed by atoms with Crippen LogP contribution in [-0.4, -0.2) is 17.4 Å². The van der Waals surface area contributed by atoms with E-state index in [2.05, 4.69) is 28.1 Å². The van der Waals surface area contributed by atoms with Crippen molar-refractivity contribution in [3.63, 3.8) is 0 Å². The van der Waals surface area contributed by atoms with Gasteiger partial charge in [0.1, 0.15) is 4.32 Å². The van der Waals surface area contributed by atoms with E-state index in [1.165, 1.54) is 7.11 Å². The zero-order valence-electron chi connectivity index (χ0n) is 6.92. The Morgan fingerprint density at radius 2 is 2.42 bits per heavy atom. The van der Waals surface area contributed by atoms with E-state index in [0.717, 1.165) is 12.8 Å². The summed E-state index contributed by atoms with van der Waals surface area (Å²) >= 11 is 3.50. The predicted molar refractivity (Wildman–Crippen MR) is 49.0 cm³/mol. The highest BCUT2D eigenvalue weighted by Gasteiger charge is 2.52. The molecule has 3 heteroatoms. The van der Waals surface area contributed by atoms with Crippen molar-refractivity contribution < 1.29 is 9.53 Å². The fourth-order valence-corrected chi connectivity index (χ4v) is 3.12. The van der Waals surface area contributed by atoms with Gasteiger partial charge in [0.15, 0.2) is 0 Å². The van der Waals surface area contributed by atoms with E-state index in [1.807, 2.05) is 0 Å². The number of allylic oxidation sites excluding steroid dienone is 2. The minimum atomic E-state index is -0.416. The van der Waals surface area contributed by atoms with Gasteiger partial charge in [0, 0.05) is 5.92 Å². The summed E-state index contributed by atoms with van der Waals surface area (Å²) in [4.78, 5) is 11.4. The highest BCUT2D eigenvalue weighted by Crippen LogP contribution is 2.51. The molecule has 2 aliphatic carbocycles. The van der Waals surface area contributed by atoms with Crippen LogP contribution in [0.4, 0.5) is 0 Å². The quantitative estimate of drug-likeness (QED) is 0.391. The summed E-state index contributed by atoms with van der Waals surface area (Å²) in [6.45, 7) is 0. The molecule has 2 aliphatic rings. The lowest BCUT2D eigenvalue weighted by Gasteiger charge is -2.25. The third-order valence-corrected chi connectivity index (χ3v) is 4.08. The third-order valence-electron chi connectivity index (χ3n) is 2.84. The van der Waals surface area contributed by atoms with Gasteiger partial charge in [-0.05, 0) is 18.8 Å². The third kappa shape index (κ3) is 0.954. The number of halogens is 1. The first-order valence-electron chi connectivity index (χ1n) is 4.12. The van der Waals surface area contributed by atoms with Crippen molar-refractivity contribution in [3.8, 4) is 0 Å². The van der Waals surface area contributed by atoms with Gasteiger partial charge in [-0.15, -0.1) is 0 Å². The van der Waals surface area contributed by atoms with Crippen LogP contribution in [0.1, 0.15) is 12.8 Å². The van der Waals surface area contributed by atoms with E-state index in [9.17, 15) is 4.79 Å². The van der Waals surface area contributed by atoms with Gasteiger partial charge < -0.3 is 4.74 Å². The summed E-state index contributed by atoms with van der Waals surface area (Å²) in [5, 5.41) is 0. The number of esters is 1. The first-order chi connectivity index (χ1) is 5.66. The molecule has 2 bridgehead atoms. The van der Waals surface area contributed by atoms with E-state index >= 15 is 0 Å². The molecule has 2 nitrogen and oxygen atoms in total. The summed E-state index contributed by atoms with van der Waals surface area (Å²) in [5.41, 5.74) is 0. The zero-order valence-corrected chi connectivity index (χ0v) is 8.50. The lowest BCUT2D eigenvalue weighted by molar-refractivity contribution is -0.144. The molecule has 0 spiro atoms. The molecule has 0 aliphatic heterocycles. The van der Waals surface area contributed by atoms with Crippen LogP contribution in [0.3, 0.4) is 0 Å². The molecular weight excluding hydrogens is 220 g/mol. The van der Waals surface area contributed by atoms with Gasteiger partial charge in [0.25, 0.3) is 0 Å². The highest BCUT2D eigenvalue weighted by atomic mass is 79.9. The summed E-state index contributed by atoms with van der Waals surface area (Å²) in [6, 6.07) is 0. The lowest BCUT2D eigenvalue weighted by Crippen LogP contribution is -2.37. The molecule has 0 aromatic heterocycles. The molecular formula is C9H11BrO2. The van der Waals surface area contributed by atoms with Crippen LogP contribution in [0.2, 0.25) is 0 Å². The van der Waals surface area contributed by atoms with Crippen LogP contribution < -0.4 is 0 Å². The molecule has 3 atom stereocenters. The number of hydrogen-bond donors (Lipinski definition) is 0. The van der Waals surface area contributed by atoms with Gasteiger partial charge in [-0.3, -0.25) is 4.79 Å². The minimum Gasteiger partial charge on any atom is -0.468 e. The van der Waals surface area contributed by atoms with Gasteiger partial charge >= 0.3 is 5.97 Å². The molecule has 1 saturated carbocycles. The second-order valence-corrected chi connectivity index (χ2v) is 4.96. The number of ether oxygens (including phenoxy) is 1. The molecule has 0 aromatic carbocycles. The summed E-state index contributed by atoms with van der Waals surface area (Å²) in [7, 11) is 1.45. The Bertz CT molecular complexity index is 249. The Balaban J connectivity index is 2.23. The summed E-state index contributed by atoms with van der Waals surface area (Å²) in [5.74, 6) is 0.794. The summed E-state index contributed by atoms with van der Waals surface area (Å²) in [6.07, 6.45) is 6.31. The Kier molecular flexibility index (Phi) is 1.79. The number of fused-ring (bicyclic) bond motifs is 2. The van der Waals surface area contributed by atoms with Crippen LogP contribution in [0.15, 0.2) is 12.2 Å². The van der Waals surface area contributed by atoms with Crippen LogP contribution in [0, 0.1) is 11.8 Å². The largest absolute Gasteiger partial charge is 0.468 e. The maximum absolute atomic E-state index is 11.4. The average molecular weight is 231 g/mol. The Hall–Kier alpha value is -0.310. The Morgan fingerprint density at radius 3 is 2.83 bits per heavy atom. The first kappa shape index (κ1) is 8.30. The maximum atomic E-state index is 11.4. The van der Waals surface area contributed by atoms with E-state index in [4.69, 9.17) is 4.74 Å². The van der Waals surface area contributed by atoms with Crippen LogP contribution >= 0.6 is 15.9 Å². The monoisotopic (exact) mass is 230 g/mol.